The lowest BCUT2D eigenvalue weighted by Crippen LogP contribution is -2.22. The van der Waals surface area contributed by atoms with Crippen molar-refractivity contribution in [2.24, 2.45) is 0 Å². The Morgan fingerprint density at radius 2 is 2.12 bits per heavy atom. The number of amides is 1. The highest BCUT2D eigenvalue weighted by Crippen LogP contribution is 2.17. The summed E-state index contributed by atoms with van der Waals surface area (Å²) in [4.78, 5) is 12.1. The first-order valence-corrected chi connectivity index (χ1v) is 5.51. The second kappa shape index (κ2) is 5.89. The van der Waals surface area contributed by atoms with Crippen LogP contribution in [0.1, 0.15) is 22.8 Å². The van der Waals surface area contributed by atoms with E-state index in [0.29, 0.717) is 11.3 Å². The van der Waals surface area contributed by atoms with Crippen LogP contribution in [0.15, 0.2) is 42.6 Å². The molecule has 2 N–H and O–H groups in total. The van der Waals surface area contributed by atoms with Crippen molar-refractivity contribution in [3.8, 4) is 0 Å². The molecule has 0 aromatic heterocycles. The van der Waals surface area contributed by atoms with Crippen molar-refractivity contribution in [1.82, 2.24) is 5.32 Å². The van der Waals surface area contributed by atoms with E-state index >= 15 is 0 Å². The molecule has 0 aliphatic carbocycles. The number of carbonyl (C=O) groups is 1. The zero-order valence-corrected chi connectivity index (χ0v) is 10.5. The fourth-order valence-electron chi connectivity index (χ4n) is 1.50. The molecule has 1 rings (SSSR count). The highest BCUT2D eigenvalue weighted by atomic mass is 16.1. The molecule has 1 aromatic rings. The lowest BCUT2D eigenvalue weighted by Gasteiger charge is -2.11. The molecule has 0 fully saturated rings. The molecule has 0 bridgehead atoms. The summed E-state index contributed by atoms with van der Waals surface area (Å²) >= 11 is 0. The topological polar surface area (TPSA) is 41.1 Å². The van der Waals surface area contributed by atoms with Gasteiger partial charge in [0.15, 0.2) is 0 Å². The number of hydrogen-bond acceptors (Lipinski definition) is 2. The van der Waals surface area contributed by atoms with Crippen LogP contribution in [0.3, 0.4) is 0 Å². The van der Waals surface area contributed by atoms with Gasteiger partial charge in [0.2, 0.25) is 0 Å². The van der Waals surface area contributed by atoms with Crippen LogP contribution >= 0.6 is 0 Å². The molecule has 0 spiro atoms. The van der Waals surface area contributed by atoms with E-state index < -0.39 is 0 Å². The minimum atomic E-state index is -0.133. The first-order valence-electron chi connectivity index (χ1n) is 5.51. The summed E-state index contributed by atoms with van der Waals surface area (Å²) in [7, 11) is 1.80. The van der Waals surface area contributed by atoms with Crippen molar-refractivity contribution >= 4 is 11.6 Å². The van der Waals surface area contributed by atoms with Gasteiger partial charge in [0, 0.05) is 18.4 Å². The van der Waals surface area contributed by atoms with Gasteiger partial charge in [0.1, 0.15) is 0 Å². The second-order valence-electron chi connectivity index (χ2n) is 3.70. The van der Waals surface area contributed by atoms with Crippen LogP contribution in [0.25, 0.3) is 0 Å². The van der Waals surface area contributed by atoms with Gasteiger partial charge in [-0.15, -0.1) is 0 Å². The molecule has 1 amide bonds. The van der Waals surface area contributed by atoms with Gasteiger partial charge >= 0.3 is 0 Å². The number of hydrogen-bond donors (Lipinski definition) is 2. The Balaban J connectivity index is 3.03. The molecular weight excluding hydrogens is 212 g/mol. The molecule has 0 saturated carbocycles. The lowest BCUT2D eigenvalue weighted by atomic mass is 10.1. The van der Waals surface area contributed by atoms with Gasteiger partial charge in [0.25, 0.3) is 5.91 Å². The summed E-state index contributed by atoms with van der Waals surface area (Å²) in [5, 5.41) is 5.81. The average molecular weight is 230 g/mol. The second-order valence-corrected chi connectivity index (χ2v) is 3.70. The maximum atomic E-state index is 12.1. The minimum absolute atomic E-state index is 0.133. The quantitative estimate of drug-likeness (QED) is 0.781. The van der Waals surface area contributed by atoms with Crippen LogP contribution in [0.5, 0.6) is 0 Å². The van der Waals surface area contributed by atoms with Crippen LogP contribution in [-0.4, -0.2) is 13.0 Å². The van der Waals surface area contributed by atoms with Gasteiger partial charge in [-0.3, -0.25) is 4.79 Å². The molecule has 17 heavy (non-hydrogen) atoms. The third-order valence-electron chi connectivity index (χ3n) is 2.48. The van der Waals surface area contributed by atoms with E-state index in [1.165, 1.54) is 0 Å². The standard InChI is InChI=1S/C14H18N2O/c1-5-11(6-2)16-14(17)12-9-10(3)7-8-13(12)15-4/h5-9,15H,1H2,2-4H3,(H,16,17)/b11-6+. The fourth-order valence-corrected chi connectivity index (χ4v) is 1.50. The summed E-state index contributed by atoms with van der Waals surface area (Å²) in [6.45, 7) is 7.45. The zero-order valence-electron chi connectivity index (χ0n) is 10.5. The predicted molar refractivity (Wildman–Crippen MR) is 72.1 cm³/mol. The normalized spacial score (nSPS) is 10.9. The molecule has 0 aliphatic heterocycles. The van der Waals surface area contributed by atoms with E-state index in [0.717, 1.165) is 11.3 Å². The van der Waals surface area contributed by atoms with Crippen molar-refractivity contribution in [3.63, 3.8) is 0 Å². The molecular formula is C14H18N2O. The van der Waals surface area contributed by atoms with E-state index in [1.54, 1.807) is 19.2 Å². The predicted octanol–water partition coefficient (Wildman–Crippen LogP) is 2.86. The van der Waals surface area contributed by atoms with Gasteiger partial charge in [-0.1, -0.05) is 24.3 Å². The van der Waals surface area contributed by atoms with Gasteiger partial charge in [-0.05, 0) is 32.1 Å². The van der Waals surface area contributed by atoms with Crippen LogP contribution < -0.4 is 10.6 Å². The lowest BCUT2D eigenvalue weighted by molar-refractivity contribution is 0.0968. The van der Waals surface area contributed by atoms with E-state index in [1.807, 2.05) is 32.0 Å². The Labute approximate surface area is 102 Å². The molecule has 0 aliphatic rings. The minimum Gasteiger partial charge on any atom is -0.387 e. The van der Waals surface area contributed by atoms with Crippen molar-refractivity contribution in [2.75, 3.05) is 12.4 Å². The first-order chi connectivity index (χ1) is 8.12. The Morgan fingerprint density at radius 1 is 1.41 bits per heavy atom. The van der Waals surface area contributed by atoms with Gasteiger partial charge in [0.05, 0.1) is 5.56 Å². The molecule has 3 heteroatoms. The highest BCUT2D eigenvalue weighted by molar-refractivity contribution is 6.00. The average Bonchev–Trinajstić information content (AvgIpc) is 2.35. The Bertz CT molecular complexity index is 461. The van der Waals surface area contributed by atoms with E-state index in [-0.39, 0.29) is 5.91 Å². The smallest absolute Gasteiger partial charge is 0.257 e. The molecule has 0 unspecified atom stereocenters. The van der Waals surface area contributed by atoms with Crippen molar-refractivity contribution in [2.45, 2.75) is 13.8 Å². The number of aryl methyl sites for hydroxylation is 1. The molecule has 0 heterocycles. The number of nitrogens with one attached hydrogen (secondary N) is 2. The first kappa shape index (κ1) is 13.0. The number of carbonyl (C=O) groups excluding carboxylic acids is 1. The van der Waals surface area contributed by atoms with Crippen LogP contribution in [0.2, 0.25) is 0 Å². The zero-order chi connectivity index (χ0) is 12.8. The van der Waals surface area contributed by atoms with Gasteiger partial charge < -0.3 is 10.6 Å². The van der Waals surface area contributed by atoms with E-state index in [2.05, 4.69) is 17.2 Å². The summed E-state index contributed by atoms with van der Waals surface area (Å²) in [5.41, 5.74) is 3.20. The molecule has 0 radical (unpaired) electrons. The Morgan fingerprint density at radius 3 is 2.65 bits per heavy atom. The molecule has 1 aromatic carbocycles. The van der Waals surface area contributed by atoms with E-state index in [9.17, 15) is 4.79 Å². The monoisotopic (exact) mass is 230 g/mol. The van der Waals surface area contributed by atoms with E-state index in [4.69, 9.17) is 0 Å². The molecule has 0 saturated heterocycles. The Kier molecular flexibility index (Phi) is 4.52. The third-order valence-corrected chi connectivity index (χ3v) is 2.48. The number of benzene rings is 1. The fraction of sp³-hybridized carbons (Fsp3) is 0.214. The van der Waals surface area contributed by atoms with Gasteiger partial charge in [-0.2, -0.15) is 0 Å². The number of anilines is 1. The maximum Gasteiger partial charge on any atom is 0.257 e. The summed E-state index contributed by atoms with van der Waals surface area (Å²) in [6, 6.07) is 5.72. The summed E-state index contributed by atoms with van der Waals surface area (Å²) in [6.07, 6.45) is 3.42. The third kappa shape index (κ3) is 3.21. The maximum absolute atomic E-state index is 12.1. The SMILES string of the molecule is C=C/C(=C\C)NC(=O)c1cc(C)ccc1NC. The van der Waals surface area contributed by atoms with Gasteiger partial charge in [-0.25, -0.2) is 0 Å². The highest BCUT2D eigenvalue weighted by Gasteiger charge is 2.11. The van der Waals surface area contributed by atoms with Crippen LogP contribution in [0, 0.1) is 6.92 Å². The summed E-state index contributed by atoms with van der Waals surface area (Å²) < 4.78 is 0. The molecule has 3 nitrogen and oxygen atoms in total. The Hall–Kier alpha value is -2.03. The van der Waals surface area contributed by atoms with Crippen LogP contribution in [0.4, 0.5) is 5.69 Å². The number of rotatable bonds is 4. The summed E-state index contributed by atoms with van der Waals surface area (Å²) in [5.74, 6) is -0.133. The number of allylic oxidation sites excluding steroid dienone is 2. The molecule has 0 atom stereocenters. The molecule has 90 valence electrons. The van der Waals surface area contributed by atoms with Crippen molar-refractivity contribution in [3.05, 3.63) is 53.8 Å². The van der Waals surface area contributed by atoms with Crippen molar-refractivity contribution in [1.29, 1.82) is 0 Å². The van der Waals surface area contributed by atoms with Crippen LogP contribution in [-0.2, 0) is 0 Å². The largest absolute Gasteiger partial charge is 0.387 e. The van der Waals surface area contributed by atoms with Crippen molar-refractivity contribution < 1.29 is 4.79 Å².